The number of amides is 1. The summed E-state index contributed by atoms with van der Waals surface area (Å²) in [6.45, 7) is 1.86. The maximum absolute atomic E-state index is 11.7. The van der Waals surface area contributed by atoms with Crippen LogP contribution in [0.2, 0.25) is 0 Å². The predicted molar refractivity (Wildman–Crippen MR) is 73.4 cm³/mol. The average molecular weight is 273 g/mol. The summed E-state index contributed by atoms with van der Waals surface area (Å²) in [5.41, 5.74) is 1.93. The number of rotatable bonds is 4. The third-order valence-corrected chi connectivity index (χ3v) is 2.71. The molecule has 0 saturated carbocycles. The van der Waals surface area contributed by atoms with Gasteiger partial charge in [0.1, 0.15) is 0 Å². The molecule has 20 heavy (non-hydrogen) atoms. The Labute approximate surface area is 116 Å². The molecule has 0 saturated heterocycles. The number of benzene rings is 1. The molecule has 6 heteroatoms. The molecular formula is C14H15N3O3. The van der Waals surface area contributed by atoms with Crippen molar-refractivity contribution >= 4 is 17.6 Å². The highest BCUT2D eigenvalue weighted by atomic mass is 16.5. The number of nitrogens with one attached hydrogen (secondary N) is 1. The SMILES string of the molecule is COC(=O)c1ccccc1Cn1cc(NC(C)=O)cn1. The highest BCUT2D eigenvalue weighted by Crippen LogP contribution is 2.13. The van der Waals surface area contributed by atoms with Gasteiger partial charge in [0.05, 0.1) is 31.1 Å². The molecule has 1 heterocycles. The number of anilines is 1. The normalized spacial score (nSPS) is 10.1. The van der Waals surface area contributed by atoms with Crippen molar-refractivity contribution in [3.63, 3.8) is 0 Å². The Morgan fingerprint density at radius 3 is 2.80 bits per heavy atom. The number of hydrogen-bond acceptors (Lipinski definition) is 4. The molecule has 0 fully saturated rings. The Kier molecular flexibility index (Phi) is 4.14. The lowest BCUT2D eigenvalue weighted by Crippen LogP contribution is -2.09. The molecule has 0 aliphatic rings. The van der Waals surface area contributed by atoms with Gasteiger partial charge in [0.25, 0.3) is 0 Å². The van der Waals surface area contributed by atoms with E-state index in [0.29, 0.717) is 17.8 Å². The number of ether oxygens (including phenoxy) is 1. The molecule has 104 valence electrons. The van der Waals surface area contributed by atoms with Gasteiger partial charge in [0.2, 0.25) is 5.91 Å². The largest absolute Gasteiger partial charge is 0.465 e. The zero-order chi connectivity index (χ0) is 14.5. The van der Waals surface area contributed by atoms with E-state index in [4.69, 9.17) is 4.74 Å². The van der Waals surface area contributed by atoms with Crippen molar-refractivity contribution in [1.82, 2.24) is 9.78 Å². The fourth-order valence-corrected chi connectivity index (χ4v) is 1.86. The Morgan fingerprint density at radius 2 is 2.10 bits per heavy atom. The summed E-state index contributed by atoms with van der Waals surface area (Å²) >= 11 is 0. The Balaban J connectivity index is 2.20. The van der Waals surface area contributed by atoms with Crippen LogP contribution in [-0.2, 0) is 16.1 Å². The lowest BCUT2D eigenvalue weighted by molar-refractivity contribution is -0.114. The number of hydrogen-bond donors (Lipinski definition) is 1. The zero-order valence-electron chi connectivity index (χ0n) is 11.3. The summed E-state index contributed by atoms with van der Waals surface area (Å²) < 4.78 is 6.39. The van der Waals surface area contributed by atoms with Crippen molar-refractivity contribution < 1.29 is 14.3 Å². The van der Waals surface area contributed by atoms with Gasteiger partial charge in [-0.3, -0.25) is 9.48 Å². The molecule has 2 rings (SSSR count). The molecule has 1 N–H and O–H groups in total. The third kappa shape index (κ3) is 3.23. The Hall–Kier alpha value is -2.63. The summed E-state index contributed by atoms with van der Waals surface area (Å²) in [6.07, 6.45) is 3.26. The van der Waals surface area contributed by atoms with Crippen LogP contribution < -0.4 is 5.32 Å². The molecule has 6 nitrogen and oxygen atoms in total. The minimum Gasteiger partial charge on any atom is -0.465 e. The van der Waals surface area contributed by atoms with E-state index in [9.17, 15) is 9.59 Å². The second-order valence-electron chi connectivity index (χ2n) is 4.26. The number of aromatic nitrogens is 2. The number of carbonyl (C=O) groups excluding carboxylic acids is 2. The molecule has 0 unspecified atom stereocenters. The highest BCUT2D eigenvalue weighted by Gasteiger charge is 2.11. The standard InChI is InChI=1S/C14H15N3O3/c1-10(18)16-12-7-15-17(9-12)8-11-5-3-4-6-13(11)14(19)20-2/h3-7,9H,8H2,1-2H3,(H,16,18). The molecule has 0 radical (unpaired) electrons. The van der Waals surface area contributed by atoms with Crippen LogP contribution in [0.3, 0.4) is 0 Å². The van der Waals surface area contributed by atoms with E-state index >= 15 is 0 Å². The molecular weight excluding hydrogens is 258 g/mol. The van der Waals surface area contributed by atoms with E-state index in [1.807, 2.05) is 12.1 Å². The summed E-state index contributed by atoms with van der Waals surface area (Å²) in [6, 6.07) is 7.17. The van der Waals surface area contributed by atoms with E-state index in [0.717, 1.165) is 5.56 Å². The van der Waals surface area contributed by atoms with E-state index in [1.165, 1.54) is 14.0 Å². The maximum atomic E-state index is 11.7. The van der Waals surface area contributed by atoms with Crippen molar-refractivity contribution in [3.8, 4) is 0 Å². The number of esters is 1. The summed E-state index contributed by atoms with van der Waals surface area (Å²) in [7, 11) is 1.35. The minimum atomic E-state index is -0.380. The molecule has 0 aliphatic carbocycles. The van der Waals surface area contributed by atoms with Gasteiger partial charge in [-0.25, -0.2) is 4.79 Å². The number of methoxy groups -OCH3 is 1. The maximum Gasteiger partial charge on any atom is 0.338 e. The molecule has 0 atom stereocenters. The van der Waals surface area contributed by atoms with E-state index in [1.54, 1.807) is 29.2 Å². The first-order chi connectivity index (χ1) is 9.60. The molecule has 0 aliphatic heterocycles. The monoisotopic (exact) mass is 273 g/mol. The quantitative estimate of drug-likeness (QED) is 0.860. The second-order valence-corrected chi connectivity index (χ2v) is 4.26. The fraction of sp³-hybridized carbons (Fsp3) is 0.214. The van der Waals surface area contributed by atoms with Gasteiger partial charge >= 0.3 is 5.97 Å². The number of nitrogens with zero attached hydrogens (tertiary/aromatic N) is 2. The van der Waals surface area contributed by atoms with E-state index < -0.39 is 0 Å². The molecule has 0 bridgehead atoms. The Bertz CT molecular complexity index is 634. The summed E-state index contributed by atoms with van der Waals surface area (Å²) in [5.74, 6) is -0.533. The van der Waals surface area contributed by atoms with Crippen LogP contribution in [-0.4, -0.2) is 28.8 Å². The first-order valence-electron chi connectivity index (χ1n) is 6.06. The van der Waals surface area contributed by atoms with Crippen LogP contribution in [0.1, 0.15) is 22.8 Å². The van der Waals surface area contributed by atoms with Gasteiger partial charge in [-0.05, 0) is 11.6 Å². The zero-order valence-corrected chi connectivity index (χ0v) is 11.3. The highest BCUT2D eigenvalue weighted by molar-refractivity contribution is 5.91. The third-order valence-electron chi connectivity index (χ3n) is 2.71. The van der Waals surface area contributed by atoms with E-state index in [2.05, 4.69) is 10.4 Å². The van der Waals surface area contributed by atoms with Gasteiger partial charge in [-0.15, -0.1) is 0 Å². The first kappa shape index (κ1) is 13.8. The summed E-state index contributed by atoms with van der Waals surface area (Å²) in [5, 5.41) is 6.79. The first-order valence-corrected chi connectivity index (χ1v) is 6.06. The van der Waals surface area contributed by atoms with Crippen LogP contribution >= 0.6 is 0 Å². The van der Waals surface area contributed by atoms with Gasteiger partial charge in [0, 0.05) is 13.1 Å². The van der Waals surface area contributed by atoms with Crippen molar-refractivity contribution in [2.45, 2.75) is 13.5 Å². The van der Waals surface area contributed by atoms with Crippen LogP contribution in [0.4, 0.5) is 5.69 Å². The van der Waals surface area contributed by atoms with Gasteiger partial charge < -0.3 is 10.1 Å². The topological polar surface area (TPSA) is 73.2 Å². The minimum absolute atomic E-state index is 0.153. The predicted octanol–water partition coefficient (Wildman–Crippen LogP) is 1.68. The van der Waals surface area contributed by atoms with Crippen molar-refractivity contribution in [2.24, 2.45) is 0 Å². The fourth-order valence-electron chi connectivity index (χ4n) is 1.86. The second kappa shape index (κ2) is 6.01. The van der Waals surface area contributed by atoms with Crippen LogP contribution in [0.15, 0.2) is 36.7 Å². The van der Waals surface area contributed by atoms with Gasteiger partial charge in [-0.2, -0.15) is 5.10 Å². The van der Waals surface area contributed by atoms with Crippen molar-refractivity contribution in [2.75, 3.05) is 12.4 Å². The van der Waals surface area contributed by atoms with Crippen molar-refractivity contribution in [3.05, 3.63) is 47.8 Å². The lowest BCUT2D eigenvalue weighted by atomic mass is 10.1. The van der Waals surface area contributed by atoms with Crippen LogP contribution in [0.25, 0.3) is 0 Å². The molecule has 1 amide bonds. The molecule has 0 spiro atoms. The van der Waals surface area contributed by atoms with Crippen molar-refractivity contribution in [1.29, 1.82) is 0 Å². The molecule has 2 aromatic rings. The van der Waals surface area contributed by atoms with Gasteiger partial charge in [0.15, 0.2) is 0 Å². The van der Waals surface area contributed by atoms with E-state index in [-0.39, 0.29) is 11.9 Å². The summed E-state index contributed by atoms with van der Waals surface area (Å²) in [4.78, 5) is 22.6. The molecule has 1 aromatic carbocycles. The number of carbonyl (C=O) groups is 2. The smallest absolute Gasteiger partial charge is 0.338 e. The van der Waals surface area contributed by atoms with Crippen LogP contribution in [0.5, 0.6) is 0 Å². The van der Waals surface area contributed by atoms with Gasteiger partial charge in [-0.1, -0.05) is 18.2 Å². The lowest BCUT2D eigenvalue weighted by Gasteiger charge is -2.07. The van der Waals surface area contributed by atoms with Crippen LogP contribution in [0, 0.1) is 0 Å². The molecule has 1 aromatic heterocycles. The average Bonchev–Trinajstić information content (AvgIpc) is 2.85. The Morgan fingerprint density at radius 1 is 1.35 bits per heavy atom.